The average Bonchev–Trinajstić information content (AvgIpc) is 2.79. The van der Waals surface area contributed by atoms with Crippen molar-refractivity contribution in [2.75, 3.05) is 20.8 Å². The number of carbonyl (C=O) groups is 3. The molecule has 0 N–H and O–H groups in total. The van der Waals surface area contributed by atoms with Gasteiger partial charge in [0.15, 0.2) is 0 Å². The van der Waals surface area contributed by atoms with Crippen LogP contribution in [0.4, 0.5) is 0 Å². The van der Waals surface area contributed by atoms with E-state index in [4.69, 9.17) is 9.47 Å². The van der Waals surface area contributed by atoms with Gasteiger partial charge in [-0.05, 0) is 25.7 Å². The van der Waals surface area contributed by atoms with Gasteiger partial charge in [-0.15, -0.1) is 0 Å². The van der Waals surface area contributed by atoms with Crippen LogP contribution in [0.25, 0.3) is 0 Å². The molecule has 1 aliphatic rings. The number of allylic oxidation sites excluding steroid dienone is 1. The molecule has 1 rings (SSSR count). The molecule has 0 heterocycles. The van der Waals surface area contributed by atoms with Gasteiger partial charge in [0, 0.05) is 12.7 Å². The molecule has 6 heteroatoms. The summed E-state index contributed by atoms with van der Waals surface area (Å²) >= 11 is 0. The molecular weight excluding hydrogens is 262 g/mol. The van der Waals surface area contributed by atoms with Gasteiger partial charge in [0.1, 0.15) is 6.42 Å². The van der Waals surface area contributed by atoms with Crippen LogP contribution in [-0.4, -0.2) is 43.5 Å². The van der Waals surface area contributed by atoms with Crippen molar-refractivity contribution in [2.45, 2.75) is 33.1 Å². The first-order chi connectivity index (χ1) is 9.40. The van der Waals surface area contributed by atoms with Crippen LogP contribution in [0.15, 0.2) is 11.3 Å². The topological polar surface area (TPSA) is 72.9 Å². The van der Waals surface area contributed by atoms with Crippen molar-refractivity contribution in [3.63, 3.8) is 0 Å². The molecule has 6 nitrogen and oxygen atoms in total. The second kappa shape index (κ2) is 7.07. The zero-order chi connectivity index (χ0) is 15.3. The Kier molecular flexibility index (Phi) is 5.73. The first kappa shape index (κ1) is 16.2. The maximum absolute atomic E-state index is 12.0. The summed E-state index contributed by atoms with van der Waals surface area (Å²) in [5.41, 5.74) is 1.15. The monoisotopic (exact) mass is 283 g/mol. The largest absolute Gasteiger partial charge is 0.466 e. The smallest absolute Gasteiger partial charge is 0.335 e. The Balaban J connectivity index is 2.82. The molecule has 0 saturated carbocycles. The Morgan fingerprint density at radius 1 is 1.30 bits per heavy atom. The maximum Gasteiger partial charge on any atom is 0.335 e. The van der Waals surface area contributed by atoms with E-state index < -0.39 is 11.9 Å². The predicted octanol–water partition coefficient (Wildman–Crippen LogP) is 1.25. The first-order valence-corrected chi connectivity index (χ1v) is 6.63. The lowest BCUT2D eigenvalue weighted by atomic mass is 10.1. The Morgan fingerprint density at radius 3 is 2.50 bits per heavy atom. The van der Waals surface area contributed by atoms with Gasteiger partial charge < -0.3 is 14.4 Å². The van der Waals surface area contributed by atoms with E-state index in [-0.39, 0.29) is 24.9 Å². The molecule has 1 unspecified atom stereocenters. The number of hydrogen-bond donors (Lipinski definition) is 0. The number of nitrogens with zero attached hydrogens (tertiary/aromatic N) is 1. The van der Waals surface area contributed by atoms with Gasteiger partial charge in [-0.25, -0.2) is 4.79 Å². The summed E-state index contributed by atoms with van der Waals surface area (Å²) in [5.74, 6) is -1.08. The quantitative estimate of drug-likeness (QED) is 0.561. The van der Waals surface area contributed by atoms with E-state index in [9.17, 15) is 14.4 Å². The normalized spacial score (nSPS) is 17.9. The van der Waals surface area contributed by atoms with E-state index in [1.54, 1.807) is 14.0 Å². The van der Waals surface area contributed by atoms with E-state index in [0.29, 0.717) is 24.1 Å². The highest BCUT2D eigenvalue weighted by Crippen LogP contribution is 2.33. The van der Waals surface area contributed by atoms with Gasteiger partial charge >= 0.3 is 11.9 Å². The molecular formula is C14H21NO5. The lowest BCUT2D eigenvalue weighted by Gasteiger charge is -2.20. The highest BCUT2D eigenvalue weighted by molar-refractivity contribution is 5.96. The van der Waals surface area contributed by atoms with Crippen molar-refractivity contribution in [3.8, 4) is 0 Å². The third kappa shape index (κ3) is 3.82. The van der Waals surface area contributed by atoms with Crippen LogP contribution in [0.2, 0.25) is 0 Å². The van der Waals surface area contributed by atoms with Crippen LogP contribution >= 0.6 is 0 Å². The average molecular weight is 283 g/mol. The first-order valence-electron chi connectivity index (χ1n) is 6.63. The zero-order valence-corrected chi connectivity index (χ0v) is 12.4. The lowest BCUT2D eigenvalue weighted by molar-refractivity contribution is -0.147. The summed E-state index contributed by atoms with van der Waals surface area (Å²) in [4.78, 5) is 36.4. The highest BCUT2D eigenvalue weighted by atomic mass is 16.5. The van der Waals surface area contributed by atoms with Crippen molar-refractivity contribution in [1.82, 2.24) is 4.90 Å². The van der Waals surface area contributed by atoms with Crippen molar-refractivity contribution in [3.05, 3.63) is 11.3 Å². The molecule has 1 atom stereocenters. The number of hydrogen-bond acceptors (Lipinski definition) is 5. The van der Waals surface area contributed by atoms with Crippen molar-refractivity contribution in [2.24, 2.45) is 5.92 Å². The minimum absolute atomic E-state index is 0.239. The molecule has 1 aliphatic carbocycles. The van der Waals surface area contributed by atoms with Crippen molar-refractivity contribution < 1.29 is 23.9 Å². The number of rotatable bonds is 5. The summed E-state index contributed by atoms with van der Waals surface area (Å²) in [6.07, 6.45) is 0.880. The number of carbonyl (C=O) groups excluding carboxylic acids is 3. The highest BCUT2D eigenvalue weighted by Gasteiger charge is 2.31. The summed E-state index contributed by atoms with van der Waals surface area (Å²) in [5, 5.41) is 0. The van der Waals surface area contributed by atoms with E-state index in [1.165, 1.54) is 12.0 Å². The second-order valence-electron chi connectivity index (χ2n) is 4.86. The lowest BCUT2D eigenvalue weighted by Crippen LogP contribution is -2.29. The van der Waals surface area contributed by atoms with Crippen molar-refractivity contribution in [1.29, 1.82) is 0 Å². The maximum atomic E-state index is 12.0. The third-order valence-corrected chi connectivity index (χ3v) is 3.25. The van der Waals surface area contributed by atoms with E-state index >= 15 is 0 Å². The van der Waals surface area contributed by atoms with Crippen LogP contribution in [0.5, 0.6) is 0 Å². The molecule has 0 aromatic heterocycles. The minimum Gasteiger partial charge on any atom is -0.466 e. The predicted molar refractivity (Wildman–Crippen MR) is 71.5 cm³/mol. The number of amides is 1. The number of ether oxygens (including phenoxy) is 2. The molecule has 0 aromatic rings. The van der Waals surface area contributed by atoms with Gasteiger partial charge in [-0.3, -0.25) is 9.59 Å². The Bertz CT molecular complexity index is 441. The number of methoxy groups -OCH3 is 1. The summed E-state index contributed by atoms with van der Waals surface area (Å²) in [6.45, 7) is 3.92. The van der Waals surface area contributed by atoms with Crippen LogP contribution in [0.3, 0.4) is 0 Å². The molecule has 0 fully saturated rings. The second-order valence-corrected chi connectivity index (χ2v) is 4.86. The molecule has 0 bridgehead atoms. The van der Waals surface area contributed by atoms with Crippen LogP contribution < -0.4 is 0 Å². The Morgan fingerprint density at radius 2 is 1.95 bits per heavy atom. The molecule has 0 radical (unpaired) electrons. The molecule has 20 heavy (non-hydrogen) atoms. The summed E-state index contributed by atoms with van der Waals surface area (Å²) < 4.78 is 9.48. The molecule has 112 valence electrons. The fraction of sp³-hybridized carbons (Fsp3) is 0.643. The fourth-order valence-corrected chi connectivity index (χ4v) is 2.26. The molecule has 0 saturated heterocycles. The van der Waals surface area contributed by atoms with Crippen LogP contribution in [0, 0.1) is 5.92 Å². The molecule has 0 aliphatic heterocycles. The zero-order valence-electron chi connectivity index (χ0n) is 12.4. The fourth-order valence-electron chi connectivity index (χ4n) is 2.26. The van der Waals surface area contributed by atoms with Gasteiger partial charge in [-0.1, -0.05) is 6.92 Å². The molecule has 0 aromatic carbocycles. The Hall–Kier alpha value is -1.85. The van der Waals surface area contributed by atoms with E-state index in [1.807, 2.05) is 6.92 Å². The minimum atomic E-state index is -0.560. The van der Waals surface area contributed by atoms with E-state index in [0.717, 1.165) is 0 Å². The van der Waals surface area contributed by atoms with Gasteiger partial charge in [0.25, 0.3) is 0 Å². The van der Waals surface area contributed by atoms with Crippen molar-refractivity contribution >= 4 is 17.8 Å². The van der Waals surface area contributed by atoms with Gasteiger partial charge in [-0.2, -0.15) is 0 Å². The number of esters is 2. The summed E-state index contributed by atoms with van der Waals surface area (Å²) in [6, 6.07) is 0. The molecule has 1 amide bonds. The van der Waals surface area contributed by atoms with E-state index in [2.05, 4.69) is 0 Å². The third-order valence-electron chi connectivity index (χ3n) is 3.25. The standard InChI is InChI=1S/C14H21NO5/c1-5-20-13(17)8-12(16)15(3)11-7-9(2)6-10(11)14(18)19-4/h9H,5-8H2,1-4H3. The van der Waals surface area contributed by atoms with Gasteiger partial charge in [0.2, 0.25) is 5.91 Å². The van der Waals surface area contributed by atoms with Gasteiger partial charge in [0.05, 0.1) is 19.3 Å². The summed E-state index contributed by atoms with van der Waals surface area (Å²) in [7, 11) is 2.88. The van der Waals surface area contributed by atoms with Crippen LogP contribution in [0.1, 0.15) is 33.1 Å². The van der Waals surface area contributed by atoms with Crippen LogP contribution in [-0.2, 0) is 23.9 Å². The SMILES string of the molecule is CCOC(=O)CC(=O)N(C)C1=C(C(=O)OC)CC(C)C1. The Labute approximate surface area is 118 Å². The molecule has 0 spiro atoms.